The predicted octanol–water partition coefficient (Wildman–Crippen LogP) is 2.88. The third-order valence-electron chi connectivity index (χ3n) is 1.74. The Bertz CT molecular complexity index is 465. The van der Waals surface area contributed by atoms with E-state index in [0.29, 0.717) is 15.9 Å². The molecule has 0 atom stereocenters. The molecule has 0 saturated heterocycles. The lowest BCUT2D eigenvalue weighted by atomic mass is 10.4. The lowest BCUT2D eigenvalue weighted by molar-refractivity contribution is 0.993. The van der Waals surface area contributed by atoms with E-state index in [1.807, 2.05) is 13.1 Å². The van der Waals surface area contributed by atoms with Crippen LogP contribution >= 0.6 is 23.2 Å². The summed E-state index contributed by atoms with van der Waals surface area (Å²) in [6, 6.07) is 1.65. The molecular weight excluding hydrogens is 221 g/mol. The molecule has 0 bridgehead atoms. The second-order valence-electron chi connectivity index (χ2n) is 2.88. The Kier molecular flexibility index (Phi) is 2.44. The maximum absolute atomic E-state index is 5.98. The van der Waals surface area contributed by atoms with Crippen molar-refractivity contribution in [1.29, 1.82) is 0 Å². The molecule has 0 aliphatic heterocycles. The summed E-state index contributed by atoms with van der Waals surface area (Å²) >= 11 is 11.7. The van der Waals surface area contributed by atoms with Crippen LogP contribution in [0.2, 0.25) is 10.0 Å². The van der Waals surface area contributed by atoms with Crippen molar-refractivity contribution < 1.29 is 0 Å². The van der Waals surface area contributed by atoms with E-state index in [-0.39, 0.29) is 0 Å². The molecule has 2 rings (SSSR count). The van der Waals surface area contributed by atoms with Crippen molar-refractivity contribution in [2.75, 3.05) is 0 Å². The fourth-order valence-corrected chi connectivity index (χ4v) is 1.61. The van der Waals surface area contributed by atoms with Gasteiger partial charge in [-0.3, -0.25) is 4.57 Å². The highest BCUT2D eigenvalue weighted by Gasteiger charge is 2.05. The van der Waals surface area contributed by atoms with Crippen LogP contribution in [0.4, 0.5) is 0 Å². The zero-order valence-electron chi connectivity index (χ0n) is 7.41. The zero-order chi connectivity index (χ0) is 10.1. The van der Waals surface area contributed by atoms with Gasteiger partial charge in [-0.25, -0.2) is 9.97 Å². The maximum Gasteiger partial charge on any atom is 0.156 e. The van der Waals surface area contributed by atoms with Gasteiger partial charge in [-0.05, 0) is 13.0 Å². The Morgan fingerprint density at radius 1 is 1.29 bits per heavy atom. The Morgan fingerprint density at radius 3 is 2.64 bits per heavy atom. The molecule has 2 aromatic rings. The van der Waals surface area contributed by atoms with Crippen LogP contribution in [0.5, 0.6) is 0 Å². The molecule has 14 heavy (non-hydrogen) atoms. The van der Waals surface area contributed by atoms with Gasteiger partial charge in [0.15, 0.2) is 5.82 Å². The summed E-state index contributed by atoms with van der Waals surface area (Å²) < 4.78 is 1.76. The van der Waals surface area contributed by atoms with Crippen LogP contribution in [0.3, 0.4) is 0 Å². The number of nitrogens with zero attached hydrogens (tertiary/aromatic N) is 3. The smallest absolute Gasteiger partial charge is 0.156 e. The van der Waals surface area contributed by atoms with Crippen LogP contribution in [-0.4, -0.2) is 14.5 Å². The third-order valence-corrected chi connectivity index (χ3v) is 2.23. The number of aromatic nitrogens is 3. The normalized spacial score (nSPS) is 10.5. The van der Waals surface area contributed by atoms with Gasteiger partial charge < -0.3 is 0 Å². The topological polar surface area (TPSA) is 30.7 Å². The minimum Gasteiger partial charge on any atom is -0.289 e. The van der Waals surface area contributed by atoms with Gasteiger partial charge in [-0.15, -0.1) is 0 Å². The van der Waals surface area contributed by atoms with Crippen LogP contribution < -0.4 is 0 Å². The number of hydrogen-bond acceptors (Lipinski definition) is 2. The molecule has 2 aromatic heterocycles. The van der Waals surface area contributed by atoms with Gasteiger partial charge in [0.2, 0.25) is 0 Å². The molecule has 0 fully saturated rings. The summed E-state index contributed by atoms with van der Waals surface area (Å²) in [6.45, 7) is 1.90. The largest absolute Gasteiger partial charge is 0.289 e. The molecule has 0 amide bonds. The summed E-state index contributed by atoms with van der Waals surface area (Å²) in [5, 5.41) is 1.03. The molecule has 0 N–H and O–H groups in total. The fourth-order valence-electron chi connectivity index (χ4n) is 1.13. The molecule has 0 unspecified atom stereocenters. The van der Waals surface area contributed by atoms with Gasteiger partial charge in [0.25, 0.3) is 0 Å². The number of pyridine rings is 1. The number of hydrogen-bond donors (Lipinski definition) is 0. The van der Waals surface area contributed by atoms with E-state index < -0.39 is 0 Å². The van der Waals surface area contributed by atoms with E-state index in [9.17, 15) is 0 Å². The van der Waals surface area contributed by atoms with Gasteiger partial charge >= 0.3 is 0 Å². The first-order valence-corrected chi connectivity index (χ1v) is 4.74. The number of halogens is 2. The number of imidazole rings is 1. The highest BCUT2D eigenvalue weighted by atomic mass is 35.5. The van der Waals surface area contributed by atoms with Gasteiger partial charge in [0.1, 0.15) is 6.33 Å². The zero-order valence-corrected chi connectivity index (χ0v) is 8.92. The molecule has 0 radical (unpaired) electrons. The molecule has 72 valence electrons. The van der Waals surface area contributed by atoms with Crippen molar-refractivity contribution >= 4 is 23.2 Å². The van der Waals surface area contributed by atoms with Crippen molar-refractivity contribution in [2.24, 2.45) is 0 Å². The van der Waals surface area contributed by atoms with E-state index in [1.54, 1.807) is 23.2 Å². The monoisotopic (exact) mass is 227 g/mol. The maximum atomic E-state index is 5.98. The van der Waals surface area contributed by atoms with Crippen molar-refractivity contribution in [1.82, 2.24) is 14.5 Å². The van der Waals surface area contributed by atoms with E-state index in [1.165, 1.54) is 0 Å². The Labute approximate surface area is 91.3 Å². The van der Waals surface area contributed by atoms with Crippen LogP contribution in [0.15, 0.2) is 24.8 Å². The van der Waals surface area contributed by atoms with Crippen LogP contribution in [0.1, 0.15) is 5.69 Å². The van der Waals surface area contributed by atoms with Gasteiger partial charge in [-0.1, -0.05) is 23.2 Å². The Balaban J connectivity index is 2.52. The first-order chi connectivity index (χ1) is 6.66. The average Bonchev–Trinajstić information content (AvgIpc) is 2.51. The third kappa shape index (κ3) is 1.74. The lowest BCUT2D eigenvalue weighted by Gasteiger charge is -2.02. The first kappa shape index (κ1) is 9.49. The molecule has 5 heteroatoms. The Hall–Kier alpha value is -1.06. The number of rotatable bonds is 1. The standard InChI is InChI=1S/C9H7Cl2N3/c1-6-4-14(5-13-6)9-8(11)2-7(10)3-12-9/h2-5H,1H3. The fraction of sp³-hybridized carbons (Fsp3) is 0.111. The minimum absolute atomic E-state index is 0.509. The SMILES string of the molecule is Cc1cn(-c2ncc(Cl)cc2Cl)cn1. The van der Waals surface area contributed by atoms with Crippen LogP contribution in [0, 0.1) is 6.92 Å². The molecular formula is C9H7Cl2N3. The molecule has 0 aliphatic rings. The average molecular weight is 228 g/mol. The molecule has 0 aromatic carbocycles. The summed E-state index contributed by atoms with van der Waals surface area (Å²) in [6.07, 6.45) is 5.07. The number of aryl methyl sites for hydroxylation is 1. The molecule has 0 aliphatic carbocycles. The summed E-state index contributed by atoms with van der Waals surface area (Å²) in [5.41, 5.74) is 0.915. The van der Waals surface area contributed by atoms with E-state index in [0.717, 1.165) is 5.69 Å². The minimum atomic E-state index is 0.509. The van der Waals surface area contributed by atoms with E-state index >= 15 is 0 Å². The quantitative estimate of drug-likeness (QED) is 0.751. The molecule has 3 nitrogen and oxygen atoms in total. The van der Waals surface area contributed by atoms with Gasteiger partial charge in [-0.2, -0.15) is 0 Å². The Morgan fingerprint density at radius 2 is 2.07 bits per heavy atom. The van der Waals surface area contributed by atoms with Crippen molar-refractivity contribution in [3.8, 4) is 5.82 Å². The lowest BCUT2D eigenvalue weighted by Crippen LogP contribution is -1.94. The molecule has 0 spiro atoms. The van der Waals surface area contributed by atoms with E-state index in [2.05, 4.69) is 9.97 Å². The molecule has 2 heterocycles. The summed E-state index contributed by atoms with van der Waals surface area (Å²) in [5.74, 6) is 0.636. The molecule has 0 saturated carbocycles. The predicted molar refractivity (Wildman–Crippen MR) is 56.1 cm³/mol. The van der Waals surface area contributed by atoms with Crippen LogP contribution in [-0.2, 0) is 0 Å². The van der Waals surface area contributed by atoms with Gasteiger partial charge in [0.05, 0.1) is 15.7 Å². The summed E-state index contributed by atoms with van der Waals surface area (Å²) in [4.78, 5) is 8.21. The second kappa shape index (κ2) is 3.59. The van der Waals surface area contributed by atoms with Crippen molar-refractivity contribution in [3.63, 3.8) is 0 Å². The summed E-state index contributed by atoms with van der Waals surface area (Å²) in [7, 11) is 0. The van der Waals surface area contributed by atoms with Crippen molar-refractivity contribution in [2.45, 2.75) is 6.92 Å². The van der Waals surface area contributed by atoms with E-state index in [4.69, 9.17) is 23.2 Å². The van der Waals surface area contributed by atoms with Crippen LogP contribution in [0.25, 0.3) is 5.82 Å². The van der Waals surface area contributed by atoms with Gasteiger partial charge in [0, 0.05) is 12.4 Å². The highest BCUT2D eigenvalue weighted by molar-refractivity contribution is 6.35. The second-order valence-corrected chi connectivity index (χ2v) is 3.72. The van der Waals surface area contributed by atoms with Crippen molar-refractivity contribution in [3.05, 3.63) is 40.5 Å². The first-order valence-electron chi connectivity index (χ1n) is 3.99. The highest BCUT2D eigenvalue weighted by Crippen LogP contribution is 2.21.